The van der Waals surface area contributed by atoms with Gasteiger partial charge in [0.25, 0.3) is 0 Å². The Kier molecular flexibility index (Phi) is 6.33. The van der Waals surface area contributed by atoms with Gasteiger partial charge in [-0.3, -0.25) is 0 Å². The largest absolute Gasteiger partial charge is 0.395 e. The number of hydrogen-bond acceptors (Lipinski definition) is 5. The van der Waals surface area contributed by atoms with E-state index in [0.29, 0.717) is 17.9 Å². The second kappa shape index (κ2) is 8.90. The molecule has 0 amide bonds. The SMILES string of the molecule is CCN(CCO)c1ccc(/C=N\n2c(-c3ccccc3F)n[nH]c2=S)c(C)c1. The van der Waals surface area contributed by atoms with Crippen molar-refractivity contribution in [2.24, 2.45) is 5.10 Å². The van der Waals surface area contributed by atoms with Gasteiger partial charge in [-0.25, -0.2) is 9.49 Å². The maximum atomic E-state index is 14.1. The average molecular weight is 399 g/mol. The monoisotopic (exact) mass is 399 g/mol. The first-order valence-electron chi connectivity index (χ1n) is 8.98. The first-order chi connectivity index (χ1) is 13.5. The van der Waals surface area contributed by atoms with Crippen LogP contribution < -0.4 is 4.90 Å². The van der Waals surface area contributed by atoms with Gasteiger partial charge in [-0.2, -0.15) is 14.9 Å². The maximum absolute atomic E-state index is 14.1. The van der Waals surface area contributed by atoms with Gasteiger partial charge in [0.15, 0.2) is 5.82 Å². The van der Waals surface area contributed by atoms with E-state index in [0.717, 1.165) is 23.4 Å². The van der Waals surface area contributed by atoms with Crippen LogP contribution in [0.2, 0.25) is 0 Å². The predicted octanol–water partition coefficient (Wildman–Crippen LogP) is 3.76. The van der Waals surface area contributed by atoms with Gasteiger partial charge in [0, 0.05) is 18.8 Å². The highest BCUT2D eigenvalue weighted by atomic mass is 32.1. The third kappa shape index (κ3) is 4.18. The van der Waals surface area contributed by atoms with Gasteiger partial charge in [-0.1, -0.05) is 18.2 Å². The third-order valence-corrected chi connectivity index (χ3v) is 4.71. The van der Waals surface area contributed by atoms with Crippen molar-refractivity contribution < 1.29 is 9.50 Å². The molecule has 0 saturated carbocycles. The molecule has 1 heterocycles. The van der Waals surface area contributed by atoms with Crippen LogP contribution in [-0.4, -0.2) is 45.9 Å². The van der Waals surface area contributed by atoms with E-state index in [1.165, 1.54) is 10.7 Å². The minimum Gasteiger partial charge on any atom is -0.395 e. The highest BCUT2D eigenvalue weighted by molar-refractivity contribution is 7.71. The van der Waals surface area contributed by atoms with Gasteiger partial charge in [-0.05, 0) is 61.5 Å². The molecule has 1 aromatic heterocycles. The summed E-state index contributed by atoms with van der Waals surface area (Å²) in [4.78, 5) is 2.09. The third-order valence-electron chi connectivity index (χ3n) is 4.45. The van der Waals surface area contributed by atoms with E-state index in [4.69, 9.17) is 12.2 Å². The summed E-state index contributed by atoms with van der Waals surface area (Å²) >= 11 is 5.24. The van der Waals surface area contributed by atoms with Crippen LogP contribution >= 0.6 is 12.2 Å². The fourth-order valence-corrected chi connectivity index (χ4v) is 3.11. The van der Waals surface area contributed by atoms with Crippen molar-refractivity contribution in [3.8, 4) is 11.4 Å². The Bertz CT molecular complexity index is 1040. The van der Waals surface area contributed by atoms with E-state index in [1.807, 2.05) is 32.0 Å². The highest BCUT2D eigenvalue weighted by Crippen LogP contribution is 2.21. The zero-order valence-electron chi connectivity index (χ0n) is 15.8. The van der Waals surface area contributed by atoms with Crippen molar-refractivity contribution in [1.82, 2.24) is 14.9 Å². The van der Waals surface area contributed by atoms with Crippen LogP contribution in [0, 0.1) is 17.5 Å². The summed E-state index contributed by atoms with van der Waals surface area (Å²) in [5.74, 6) is -0.0780. The van der Waals surface area contributed by atoms with E-state index in [-0.39, 0.29) is 11.4 Å². The summed E-state index contributed by atoms with van der Waals surface area (Å²) in [6, 6.07) is 12.4. The van der Waals surface area contributed by atoms with E-state index in [2.05, 4.69) is 20.2 Å². The van der Waals surface area contributed by atoms with E-state index < -0.39 is 5.82 Å². The lowest BCUT2D eigenvalue weighted by atomic mass is 10.1. The number of hydrogen-bond donors (Lipinski definition) is 2. The number of nitrogens with zero attached hydrogens (tertiary/aromatic N) is 4. The van der Waals surface area contributed by atoms with Gasteiger partial charge in [-0.15, -0.1) is 0 Å². The van der Waals surface area contributed by atoms with Gasteiger partial charge >= 0.3 is 0 Å². The molecule has 0 aliphatic heterocycles. The molecule has 28 heavy (non-hydrogen) atoms. The summed E-state index contributed by atoms with van der Waals surface area (Å²) in [5, 5.41) is 20.4. The van der Waals surface area contributed by atoms with Crippen molar-refractivity contribution in [3.05, 3.63) is 64.2 Å². The Morgan fingerprint density at radius 2 is 2.11 bits per heavy atom. The number of aryl methyl sites for hydroxylation is 1. The zero-order chi connectivity index (χ0) is 20.1. The number of nitrogens with one attached hydrogen (secondary N) is 1. The molecular formula is C20H22FN5OS. The van der Waals surface area contributed by atoms with Crippen molar-refractivity contribution in [2.75, 3.05) is 24.6 Å². The van der Waals surface area contributed by atoms with Gasteiger partial charge in [0.2, 0.25) is 4.77 Å². The van der Waals surface area contributed by atoms with Crippen molar-refractivity contribution in [2.45, 2.75) is 13.8 Å². The van der Waals surface area contributed by atoms with E-state index >= 15 is 0 Å². The number of anilines is 1. The fraction of sp³-hybridized carbons (Fsp3) is 0.250. The molecular weight excluding hydrogens is 377 g/mol. The number of aliphatic hydroxyl groups is 1. The Morgan fingerprint density at radius 1 is 1.32 bits per heavy atom. The van der Waals surface area contributed by atoms with Crippen LogP contribution in [0.5, 0.6) is 0 Å². The van der Waals surface area contributed by atoms with Crippen molar-refractivity contribution in [1.29, 1.82) is 0 Å². The molecule has 0 saturated heterocycles. The predicted molar refractivity (Wildman–Crippen MR) is 112 cm³/mol. The smallest absolute Gasteiger partial charge is 0.216 e. The lowest BCUT2D eigenvalue weighted by Crippen LogP contribution is -2.26. The van der Waals surface area contributed by atoms with Crippen LogP contribution in [-0.2, 0) is 0 Å². The lowest BCUT2D eigenvalue weighted by molar-refractivity contribution is 0.302. The first-order valence-corrected chi connectivity index (χ1v) is 9.39. The zero-order valence-corrected chi connectivity index (χ0v) is 16.6. The molecule has 0 aliphatic rings. The van der Waals surface area contributed by atoms with Crippen LogP contribution in [0.15, 0.2) is 47.6 Å². The number of benzene rings is 2. The molecule has 8 heteroatoms. The molecule has 0 spiro atoms. The van der Waals surface area contributed by atoms with E-state index in [1.54, 1.807) is 24.4 Å². The second-order valence-electron chi connectivity index (χ2n) is 6.23. The van der Waals surface area contributed by atoms with Crippen LogP contribution in [0.4, 0.5) is 10.1 Å². The first kappa shape index (κ1) is 19.9. The molecule has 0 radical (unpaired) electrons. The lowest BCUT2D eigenvalue weighted by Gasteiger charge is -2.22. The number of aromatic amines is 1. The Morgan fingerprint density at radius 3 is 2.79 bits per heavy atom. The summed E-state index contributed by atoms with van der Waals surface area (Å²) in [5.41, 5.74) is 3.30. The molecule has 2 aromatic carbocycles. The molecule has 6 nitrogen and oxygen atoms in total. The number of H-pyrrole nitrogens is 1. The highest BCUT2D eigenvalue weighted by Gasteiger charge is 2.12. The summed E-state index contributed by atoms with van der Waals surface area (Å²) < 4.78 is 15.8. The van der Waals surface area contributed by atoms with Gasteiger partial charge in [0.05, 0.1) is 18.4 Å². The maximum Gasteiger partial charge on any atom is 0.216 e. The van der Waals surface area contributed by atoms with E-state index in [9.17, 15) is 9.50 Å². The van der Waals surface area contributed by atoms with Crippen molar-refractivity contribution in [3.63, 3.8) is 0 Å². The van der Waals surface area contributed by atoms with Crippen LogP contribution in [0.1, 0.15) is 18.1 Å². The minimum atomic E-state index is -0.392. The fourth-order valence-electron chi connectivity index (χ4n) is 2.93. The molecule has 2 N–H and O–H groups in total. The molecule has 0 atom stereocenters. The van der Waals surface area contributed by atoms with Crippen LogP contribution in [0.3, 0.4) is 0 Å². The standard InChI is InChI=1S/C20H22FN5OS/c1-3-25(10-11-27)16-9-8-15(14(2)12-16)13-22-26-19(23-24-20(26)28)17-6-4-5-7-18(17)21/h4-9,12-13,27H,3,10-11H2,1-2H3,(H,24,28)/b22-13-. The Hall–Kier alpha value is -2.84. The summed E-state index contributed by atoms with van der Waals surface area (Å²) in [6.45, 7) is 5.53. The quantitative estimate of drug-likeness (QED) is 0.469. The number of aliphatic hydroxyl groups excluding tert-OH is 1. The number of aromatic nitrogens is 3. The van der Waals surface area contributed by atoms with Crippen LogP contribution in [0.25, 0.3) is 11.4 Å². The number of rotatable bonds is 7. The molecule has 0 bridgehead atoms. The normalized spacial score (nSPS) is 11.3. The Balaban J connectivity index is 1.92. The Labute approximate surface area is 168 Å². The van der Waals surface area contributed by atoms with Gasteiger partial charge < -0.3 is 10.0 Å². The number of halogens is 1. The van der Waals surface area contributed by atoms with Gasteiger partial charge in [0.1, 0.15) is 5.82 Å². The average Bonchev–Trinajstić information content (AvgIpc) is 3.06. The molecule has 0 aliphatic carbocycles. The summed E-state index contributed by atoms with van der Waals surface area (Å²) in [6.07, 6.45) is 1.68. The second-order valence-corrected chi connectivity index (χ2v) is 6.62. The molecule has 0 unspecified atom stereocenters. The minimum absolute atomic E-state index is 0.105. The molecule has 3 aromatic rings. The summed E-state index contributed by atoms with van der Waals surface area (Å²) in [7, 11) is 0. The number of likely N-dealkylation sites (N-methyl/N-ethyl adjacent to an activating group) is 1. The topological polar surface area (TPSA) is 69.4 Å². The molecule has 146 valence electrons. The molecule has 0 fully saturated rings. The van der Waals surface area contributed by atoms with Crippen molar-refractivity contribution >= 4 is 24.1 Å². The molecule has 3 rings (SSSR count).